The van der Waals surface area contributed by atoms with Gasteiger partial charge in [0.2, 0.25) is 0 Å². The summed E-state index contributed by atoms with van der Waals surface area (Å²) in [5.41, 5.74) is -3.48. The average molecular weight is 1550 g/mol. The first-order valence-electron chi connectivity index (χ1n) is 32.4. The highest BCUT2D eigenvalue weighted by atomic mass is 32.2. The molecule has 0 aromatic heterocycles. The van der Waals surface area contributed by atoms with Crippen LogP contribution in [0.3, 0.4) is 0 Å². The van der Waals surface area contributed by atoms with Gasteiger partial charge in [-0.15, -0.1) is 0 Å². The predicted molar refractivity (Wildman–Crippen MR) is 314 cm³/mol. The second-order valence-corrected chi connectivity index (χ2v) is 39.5. The number of halogens is 10. The van der Waals surface area contributed by atoms with E-state index in [4.69, 9.17) is 30.4 Å². The number of rotatable bonds is 14. The van der Waals surface area contributed by atoms with Gasteiger partial charge in [0, 0.05) is 87.9 Å². The first kappa shape index (κ1) is 77.3. The van der Waals surface area contributed by atoms with Gasteiger partial charge in [-0.3, -0.25) is 20.9 Å². The lowest BCUT2D eigenvalue weighted by atomic mass is 9.69. The van der Waals surface area contributed by atoms with Crippen molar-refractivity contribution >= 4 is 80.4 Å². The van der Waals surface area contributed by atoms with E-state index in [-0.39, 0.29) is 103 Å². The van der Waals surface area contributed by atoms with Gasteiger partial charge in [0.1, 0.15) is 17.3 Å². The summed E-state index contributed by atoms with van der Waals surface area (Å²) in [7, 11) is -18.3. The van der Waals surface area contributed by atoms with Crippen LogP contribution in [0, 0.1) is 82.3 Å². The van der Waals surface area contributed by atoms with E-state index in [2.05, 4.69) is 18.9 Å². The second-order valence-electron chi connectivity index (χ2n) is 30.8. The van der Waals surface area contributed by atoms with E-state index in [1.54, 1.807) is 27.7 Å². The Bertz CT molecular complexity index is 3900. The summed E-state index contributed by atoms with van der Waals surface area (Å²) in [6.45, 7) is 11.7. The molecule has 27 atom stereocenters. The van der Waals surface area contributed by atoms with Gasteiger partial charge in [0.05, 0.1) is 71.3 Å². The van der Waals surface area contributed by atoms with Crippen molar-refractivity contribution in [2.24, 2.45) is 82.3 Å². The van der Waals surface area contributed by atoms with Gasteiger partial charge in [-0.05, 0) is 94.8 Å². The van der Waals surface area contributed by atoms with E-state index in [0.717, 1.165) is 0 Å². The second kappa shape index (κ2) is 24.3. The topological polar surface area (TPSA) is 358 Å². The molecule has 27 unspecified atom stereocenters. The molecular formula is C59H78F10O26S5. The number of carbonyl (C=O) groups is 5. The standard InChI is InChI=1S/C12H16F2O6S.3C12H16F2O5S.C11H14F2O5S/c1-5-10(2)7(18-9(15)12(4,13)14)6-8(19-10)11(5,3)20-21(6,16)17;1-11-3-6-8(4-11)20(16,17)19-9(6)7(11)5-18-10(15)12(2,13)14;1-11-7-3-6(4-9(7)20(16,17)19-11)8(11)5-18-10(15)12(2,13)14;1-5-6-3-7-9(19-20(16,17)10(5)7)8(6)4-18-11(15)12(2,13)14;1-11(12,13)10(14)17-4-7-5-2-6-8(3-5)19(15,16)18-9(6)7/h5-8H,1-4H3;2*6-9H,3-5H2,1-2H3;5-10H,3-4H2,1-2H3;5-9H,2-4H2,1H3. The van der Waals surface area contributed by atoms with Gasteiger partial charge in [-0.25, -0.2) is 24.0 Å². The zero-order valence-corrected chi connectivity index (χ0v) is 59.6. The molecule has 26 nitrogen and oxygen atoms in total. The minimum absolute atomic E-state index is 0.0468. The highest BCUT2D eigenvalue weighted by Crippen LogP contribution is 2.67. The van der Waals surface area contributed by atoms with Gasteiger partial charge < -0.3 is 28.4 Å². The summed E-state index contributed by atoms with van der Waals surface area (Å²) in [5.74, 6) is -27.9. The van der Waals surface area contributed by atoms with Crippen LogP contribution in [0.15, 0.2) is 0 Å². The molecule has 41 heteroatoms. The zero-order chi connectivity index (χ0) is 74.7. The normalized spacial score (nSPS) is 45.5. The molecule has 7 heterocycles. The summed E-state index contributed by atoms with van der Waals surface area (Å²) in [6.07, 6.45) is 0.445. The third kappa shape index (κ3) is 12.9. The number of hydrogen-bond acceptors (Lipinski definition) is 26. The fraction of sp³-hybridized carbons (Fsp3) is 0.915. The molecule has 15 fully saturated rings. The lowest BCUT2D eigenvalue weighted by Crippen LogP contribution is -2.57. The third-order valence-electron chi connectivity index (χ3n) is 24.3. The fourth-order valence-corrected chi connectivity index (χ4v) is 29.6. The van der Waals surface area contributed by atoms with Crippen LogP contribution in [0.5, 0.6) is 0 Å². The van der Waals surface area contributed by atoms with Crippen LogP contribution >= 0.6 is 0 Å². The Morgan fingerprint density at radius 1 is 0.430 bits per heavy atom. The van der Waals surface area contributed by atoms with Crippen molar-refractivity contribution in [1.82, 2.24) is 0 Å². The van der Waals surface area contributed by atoms with Gasteiger partial charge in [-0.2, -0.15) is 86.0 Å². The van der Waals surface area contributed by atoms with Crippen molar-refractivity contribution in [2.75, 3.05) is 26.4 Å². The SMILES string of the molecule is CC(F)(F)C(=O)OCC1C2CC3C(C2)S(=O)(=O)OC13C.CC(F)(F)C(=O)OCC1C2CC3C1OS(=O)(=O)C3C2.CC(F)(F)C(=O)OCC1C2OS(=O)(=O)C3CC1(C)CC23.CC1C2(C)OC3C(C2OC(=O)C(C)(F)F)S(=O)(=O)OC31C.CC1C2CC3C(OS(=O)(=O)C13)C2COC(=O)C(C)(F)F. The molecule has 0 spiro atoms. The molecule has 0 N–H and O–H groups in total. The first-order chi connectivity index (χ1) is 45.3. The molecule has 570 valence electrons. The third-order valence-corrected chi connectivity index (χ3v) is 33.4. The van der Waals surface area contributed by atoms with E-state index >= 15 is 0 Å². The summed E-state index contributed by atoms with van der Waals surface area (Å²) in [6, 6.07) is 0. The van der Waals surface area contributed by atoms with E-state index in [9.17, 15) is 110 Å². The Labute approximate surface area is 570 Å². The highest BCUT2D eigenvalue weighted by molar-refractivity contribution is 7.88. The lowest BCUT2D eigenvalue weighted by molar-refractivity contribution is -0.184. The van der Waals surface area contributed by atoms with Crippen LogP contribution in [0.2, 0.25) is 0 Å². The summed E-state index contributed by atoms with van der Waals surface area (Å²) in [4.78, 5) is 55.9. The average Bonchev–Trinajstić information content (AvgIpc) is 1.50. The molecule has 7 saturated heterocycles. The summed E-state index contributed by atoms with van der Waals surface area (Å²) >= 11 is 0. The van der Waals surface area contributed by atoms with Gasteiger partial charge in [0.15, 0.2) is 11.4 Å². The molecule has 0 aromatic carbocycles. The maximum atomic E-state index is 13.0. The van der Waals surface area contributed by atoms with E-state index in [1.807, 2.05) is 13.8 Å². The number of fused-ring (bicyclic) bond motifs is 5. The highest BCUT2D eigenvalue weighted by Gasteiger charge is 2.81. The van der Waals surface area contributed by atoms with Crippen LogP contribution < -0.4 is 0 Å². The molecule has 0 aromatic rings. The number of ether oxygens (including phenoxy) is 6. The molecular weight excluding hydrogens is 1470 g/mol. The van der Waals surface area contributed by atoms with E-state index in [1.165, 1.54) is 0 Å². The molecule has 8 aliphatic carbocycles. The molecule has 0 amide bonds. The van der Waals surface area contributed by atoms with Crippen molar-refractivity contribution in [2.45, 2.75) is 224 Å². The van der Waals surface area contributed by atoms with Crippen LogP contribution in [-0.2, 0) is 124 Å². The Morgan fingerprint density at radius 2 is 0.890 bits per heavy atom. The van der Waals surface area contributed by atoms with Crippen molar-refractivity contribution < 1.29 is 159 Å². The molecule has 10 bridgehead atoms. The molecule has 15 rings (SSSR count). The number of alkyl halides is 10. The van der Waals surface area contributed by atoms with Crippen LogP contribution in [0.1, 0.15) is 121 Å². The minimum Gasteiger partial charge on any atom is -0.461 e. The van der Waals surface area contributed by atoms with Crippen LogP contribution in [-0.4, -0.2) is 202 Å². The van der Waals surface area contributed by atoms with Crippen molar-refractivity contribution in [3.05, 3.63) is 0 Å². The van der Waals surface area contributed by atoms with Gasteiger partial charge >= 0.3 is 59.5 Å². The first-order valence-corrected chi connectivity index (χ1v) is 39.7. The van der Waals surface area contributed by atoms with Crippen molar-refractivity contribution in [3.8, 4) is 0 Å². The Morgan fingerprint density at radius 3 is 1.43 bits per heavy atom. The smallest absolute Gasteiger partial charge is 0.377 e. The lowest BCUT2D eigenvalue weighted by Gasteiger charge is -2.38. The molecule has 15 aliphatic rings. The Balaban J connectivity index is 0.000000126. The largest absolute Gasteiger partial charge is 0.461 e. The van der Waals surface area contributed by atoms with Crippen molar-refractivity contribution in [3.63, 3.8) is 0 Å². The maximum Gasteiger partial charge on any atom is 0.377 e. The Hall–Kier alpha value is -3.84. The fourth-order valence-electron chi connectivity index (χ4n) is 19.3. The number of carbonyl (C=O) groups excluding carboxylic acids is 5. The van der Waals surface area contributed by atoms with Crippen molar-refractivity contribution in [1.29, 1.82) is 0 Å². The van der Waals surface area contributed by atoms with Gasteiger partial charge in [0.25, 0.3) is 50.6 Å². The monoisotopic (exact) mass is 1550 g/mol. The number of hydrogen-bond donors (Lipinski definition) is 0. The molecule has 7 aliphatic heterocycles. The van der Waals surface area contributed by atoms with Crippen LogP contribution in [0.25, 0.3) is 0 Å². The summed E-state index contributed by atoms with van der Waals surface area (Å²) < 4.78 is 302. The number of esters is 5. The summed E-state index contributed by atoms with van der Waals surface area (Å²) in [5, 5.41) is -3.19. The molecule has 0 radical (unpaired) electrons. The zero-order valence-electron chi connectivity index (χ0n) is 55.5. The van der Waals surface area contributed by atoms with Gasteiger partial charge in [-0.1, -0.05) is 20.8 Å². The van der Waals surface area contributed by atoms with E-state index in [0.29, 0.717) is 79.6 Å². The molecule has 100 heavy (non-hydrogen) atoms. The van der Waals surface area contributed by atoms with Crippen LogP contribution in [0.4, 0.5) is 43.9 Å². The Kier molecular flexibility index (Phi) is 18.8. The predicted octanol–water partition coefficient (Wildman–Crippen LogP) is 5.63. The molecule has 8 saturated carbocycles. The quantitative estimate of drug-likeness (QED) is 0.0880. The van der Waals surface area contributed by atoms with E-state index < -0.39 is 190 Å². The maximum absolute atomic E-state index is 13.0. The minimum atomic E-state index is -4.05.